The molecule has 0 fully saturated rings. The van der Waals surface area contributed by atoms with Crippen molar-refractivity contribution in [2.75, 3.05) is 29.7 Å². The molecule has 7 heteroatoms. The summed E-state index contributed by atoms with van der Waals surface area (Å²) in [5.41, 5.74) is 3.12. The summed E-state index contributed by atoms with van der Waals surface area (Å²) in [6, 6.07) is 19.1. The zero-order valence-corrected chi connectivity index (χ0v) is 17.7. The molecule has 0 heterocycles. The van der Waals surface area contributed by atoms with Crippen molar-refractivity contribution in [3.8, 4) is 11.5 Å². The summed E-state index contributed by atoms with van der Waals surface area (Å²) in [4.78, 5) is 25.0. The first-order valence-electron chi connectivity index (χ1n) is 9.86. The first kappa shape index (κ1) is 21.7. The van der Waals surface area contributed by atoms with Gasteiger partial charge in [0.1, 0.15) is 0 Å². The molecule has 0 saturated carbocycles. The summed E-state index contributed by atoms with van der Waals surface area (Å²) < 4.78 is 10.8. The molecule has 3 N–H and O–H groups in total. The van der Waals surface area contributed by atoms with Crippen LogP contribution in [0.25, 0.3) is 0 Å². The van der Waals surface area contributed by atoms with Gasteiger partial charge in [-0.2, -0.15) is 0 Å². The van der Waals surface area contributed by atoms with E-state index in [4.69, 9.17) is 9.47 Å². The van der Waals surface area contributed by atoms with Gasteiger partial charge < -0.3 is 25.4 Å². The van der Waals surface area contributed by atoms with Crippen LogP contribution in [0.2, 0.25) is 0 Å². The van der Waals surface area contributed by atoms with Crippen LogP contribution in [-0.2, 0) is 0 Å². The fraction of sp³-hybridized carbons (Fsp3) is 0.167. The van der Waals surface area contributed by atoms with Gasteiger partial charge in [-0.3, -0.25) is 4.79 Å². The minimum absolute atomic E-state index is 0.296. The predicted molar refractivity (Wildman–Crippen MR) is 122 cm³/mol. The molecule has 0 aliphatic carbocycles. The molecule has 7 nitrogen and oxygen atoms in total. The van der Waals surface area contributed by atoms with Crippen LogP contribution in [0.5, 0.6) is 11.5 Å². The van der Waals surface area contributed by atoms with E-state index >= 15 is 0 Å². The topological polar surface area (TPSA) is 88.7 Å². The number of methoxy groups -OCH3 is 1. The fourth-order valence-electron chi connectivity index (χ4n) is 2.93. The Morgan fingerprint density at radius 1 is 0.839 bits per heavy atom. The van der Waals surface area contributed by atoms with Gasteiger partial charge in [-0.1, -0.05) is 24.3 Å². The molecule has 0 unspecified atom stereocenters. The van der Waals surface area contributed by atoms with Crippen molar-refractivity contribution >= 4 is 29.0 Å². The summed E-state index contributed by atoms with van der Waals surface area (Å²) in [6.07, 6.45) is 0. The van der Waals surface area contributed by atoms with Gasteiger partial charge in [0.25, 0.3) is 5.91 Å². The summed E-state index contributed by atoms with van der Waals surface area (Å²) in [7, 11) is 1.53. The zero-order valence-electron chi connectivity index (χ0n) is 17.7. The highest BCUT2D eigenvalue weighted by Crippen LogP contribution is 2.29. The van der Waals surface area contributed by atoms with Crippen molar-refractivity contribution in [2.45, 2.75) is 13.8 Å². The molecule has 0 saturated heterocycles. The first-order chi connectivity index (χ1) is 15.0. The molecular weight excluding hydrogens is 394 g/mol. The quantitative estimate of drug-likeness (QED) is 0.485. The molecule has 3 amide bonds. The monoisotopic (exact) mass is 419 g/mol. The minimum atomic E-state index is -0.372. The largest absolute Gasteiger partial charge is 0.493 e. The molecular formula is C24H25N3O4. The number of carbonyl (C=O) groups is 2. The second-order valence-corrected chi connectivity index (χ2v) is 6.73. The number of anilines is 3. The van der Waals surface area contributed by atoms with Crippen molar-refractivity contribution in [1.82, 2.24) is 0 Å². The summed E-state index contributed by atoms with van der Waals surface area (Å²) in [5.74, 6) is 0.767. The molecule has 3 aromatic rings. The van der Waals surface area contributed by atoms with Crippen molar-refractivity contribution in [1.29, 1.82) is 0 Å². The Bertz CT molecular complexity index is 1070. The van der Waals surface area contributed by atoms with Gasteiger partial charge in [-0.15, -0.1) is 0 Å². The van der Waals surface area contributed by atoms with Gasteiger partial charge in [-0.25, -0.2) is 4.79 Å². The van der Waals surface area contributed by atoms with E-state index in [-0.39, 0.29) is 11.9 Å². The van der Waals surface area contributed by atoms with E-state index in [1.165, 1.54) is 7.11 Å². The van der Waals surface area contributed by atoms with Gasteiger partial charge in [0.2, 0.25) is 0 Å². The molecule has 0 radical (unpaired) electrons. The van der Waals surface area contributed by atoms with Crippen molar-refractivity contribution in [3.05, 3.63) is 77.9 Å². The number of urea groups is 1. The van der Waals surface area contributed by atoms with Crippen molar-refractivity contribution in [3.63, 3.8) is 0 Å². The van der Waals surface area contributed by atoms with E-state index in [1.54, 1.807) is 42.5 Å². The number of rotatable bonds is 7. The van der Waals surface area contributed by atoms with Crippen LogP contribution in [0.1, 0.15) is 22.8 Å². The first-order valence-corrected chi connectivity index (χ1v) is 9.86. The number of aryl methyl sites for hydroxylation is 1. The smallest absolute Gasteiger partial charge is 0.323 e. The van der Waals surface area contributed by atoms with Gasteiger partial charge in [0, 0.05) is 22.6 Å². The summed E-state index contributed by atoms with van der Waals surface area (Å²) >= 11 is 0. The van der Waals surface area contributed by atoms with Crippen LogP contribution >= 0.6 is 0 Å². The Morgan fingerprint density at radius 2 is 1.58 bits per heavy atom. The van der Waals surface area contributed by atoms with Crippen molar-refractivity contribution < 1.29 is 19.1 Å². The van der Waals surface area contributed by atoms with Crippen LogP contribution in [-0.4, -0.2) is 25.7 Å². The highest BCUT2D eigenvalue weighted by Gasteiger charge is 2.13. The second kappa shape index (κ2) is 10.2. The van der Waals surface area contributed by atoms with Gasteiger partial charge in [0.15, 0.2) is 11.5 Å². The van der Waals surface area contributed by atoms with E-state index in [1.807, 2.05) is 38.1 Å². The molecule has 0 spiro atoms. The molecule has 0 aromatic heterocycles. The maximum absolute atomic E-state index is 12.8. The van der Waals surface area contributed by atoms with Crippen LogP contribution in [0.4, 0.5) is 21.9 Å². The highest BCUT2D eigenvalue weighted by atomic mass is 16.5. The maximum atomic E-state index is 12.8. The van der Waals surface area contributed by atoms with Crippen LogP contribution in [0.3, 0.4) is 0 Å². The number of nitrogens with one attached hydrogen (secondary N) is 3. The van der Waals surface area contributed by atoms with E-state index in [2.05, 4.69) is 16.0 Å². The number of hydrogen-bond donors (Lipinski definition) is 3. The van der Waals surface area contributed by atoms with E-state index in [0.717, 1.165) is 5.56 Å². The Hall–Kier alpha value is -4.00. The van der Waals surface area contributed by atoms with Crippen molar-refractivity contribution in [2.24, 2.45) is 0 Å². The average Bonchev–Trinajstić information content (AvgIpc) is 2.77. The predicted octanol–water partition coefficient (Wildman–Crippen LogP) is 5.30. The lowest BCUT2D eigenvalue weighted by Crippen LogP contribution is -2.19. The van der Waals surface area contributed by atoms with Gasteiger partial charge in [0.05, 0.1) is 13.7 Å². The third-order valence-electron chi connectivity index (χ3n) is 4.50. The molecule has 0 aliphatic rings. The molecule has 31 heavy (non-hydrogen) atoms. The second-order valence-electron chi connectivity index (χ2n) is 6.73. The number of hydrogen-bond acceptors (Lipinski definition) is 4. The fourth-order valence-corrected chi connectivity index (χ4v) is 2.93. The third-order valence-corrected chi connectivity index (χ3v) is 4.50. The summed E-state index contributed by atoms with van der Waals surface area (Å²) in [5, 5.41) is 8.41. The van der Waals surface area contributed by atoms with Gasteiger partial charge in [-0.05, 0) is 61.9 Å². The Kier molecular flexibility index (Phi) is 7.11. The van der Waals surface area contributed by atoms with Crippen LogP contribution in [0.15, 0.2) is 66.7 Å². The van der Waals surface area contributed by atoms with E-state index in [0.29, 0.717) is 40.7 Å². The SMILES string of the molecule is CCOc1ccc(C(=O)Nc2cc(NC(=O)Nc3ccccc3)ccc2C)cc1OC. The highest BCUT2D eigenvalue weighted by molar-refractivity contribution is 6.06. The number of benzene rings is 3. The lowest BCUT2D eigenvalue weighted by Gasteiger charge is -2.14. The van der Waals surface area contributed by atoms with E-state index < -0.39 is 0 Å². The standard InChI is InChI=1S/C24H25N3O4/c1-4-31-21-13-11-17(14-22(21)30-3)23(28)27-20-15-19(12-10-16(20)2)26-24(29)25-18-8-6-5-7-9-18/h5-15H,4H2,1-3H3,(H,27,28)(H2,25,26,29). The lowest BCUT2D eigenvalue weighted by atomic mass is 10.1. The molecule has 160 valence electrons. The number of para-hydroxylation sites is 1. The lowest BCUT2D eigenvalue weighted by molar-refractivity contribution is 0.102. The third kappa shape index (κ3) is 5.76. The Morgan fingerprint density at radius 3 is 2.29 bits per heavy atom. The molecule has 0 bridgehead atoms. The number of ether oxygens (including phenoxy) is 2. The Balaban J connectivity index is 1.71. The number of amides is 3. The molecule has 3 aromatic carbocycles. The van der Waals surface area contributed by atoms with E-state index in [9.17, 15) is 9.59 Å². The van der Waals surface area contributed by atoms with Crippen LogP contribution < -0.4 is 25.4 Å². The molecule has 3 rings (SSSR count). The normalized spacial score (nSPS) is 10.2. The zero-order chi connectivity index (χ0) is 22.2. The Labute approximate surface area is 181 Å². The van der Waals surface area contributed by atoms with Gasteiger partial charge >= 0.3 is 6.03 Å². The van der Waals surface area contributed by atoms with Crippen LogP contribution in [0, 0.1) is 6.92 Å². The molecule has 0 aliphatic heterocycles. The molecule has 0 atom stereocenters. The average molecular weight is 419 g/mol. The number of carbonyl (C=O) groups excluding carboxylic acids is 2. The maximum Gasteiger partial charge on any atom is 0.323 e. The summed E-state index contributed by atoms with van der Waals surface area (Å²) in [6.45, 7) is 4.25. The minimum Gasteiger partial charge on any atom is -0.493 e.